The SMILES string of the molecule is COc1ccc(/C=N/NC(=O)c2ccc(C(=O)NO)cc2)cc1O. The fourth-order valence-electron chi connectivity index (χ4n) is 1.85. The predicted octanol–water partition coefficient (Wildman–Crippen LogP) is 1.28. The average molecular weight is 329 g/mol. The molecule has 8 nitrogen and oxygen atoms in total. The summed E-state index contributed by atoms with van der Waals surface area (Å²) in [6, 6.07) is 10.3. The van der Waals surface area contributed by atoms with Crippen molar-refractivity contribution >= 4 is 18.0 Å². The van der Waals surface area contributed by atoms with Gasteiger partial charge in [-0.25, -0.2) is 10.9 Å². The van der Waals surface area contributed by atoms with Crippen LogP contribution < -0.4 is 15.6 Å². The largest absolute Gasteiger partial charge is 0.504 e. The van der Waals surface area contributed by atoms with Crippen LogP contribution in [0.1, 0.15) is 26.3 Å². The summed E-state index contributed by atoms with van der Waals surface area (Å²) in [5, 5.41) is 22.0. The number of carbonyl (C=O) groups excluding carboxylic acids is 2. The van der Waals surface area contributed by atoms with Crippen LogP contribution in [0.5, 0.6) is 11.5 Å². The van der Waals surface area contributed by atoms with Gasteiger partial charge in [0.1, 0.15) is 0 Å². The molecule has 24 heavy (non-hydrogen) atoms. The second kappa shape index (κ2) is 7.75. The highest BCUT2D eigenvalue weighted by atomic mass is 16.5. The van der Waals surface area contributed by atoms with Crippen molar-refractivity contribution in [2.24, 2.45) is 5.10 Å². The highest BCUT2D eigenvalue weighted by Crippen LogP contribution is 2.25. The Kier molecular flexibility index (Phi) is 5.48. The van der Waals surface area contributed by atoms with E-state index in [0.29, 0.717) is 16.9 Å². The van der Waals surface area contributed by atoms with Crippen LogP contribution >= 0.6 is 0 Å². The summed E-state index contributed by atoms with van der Waals surface area (Å²) in [7, 11) is 1.44. The summed E-state index contributed by atoms with van der Waals surface area (Å²) in [6.45, 7) is 0. The van der Waals surface area contributed by atoms with Crippen LogP contribution in [0, 0.1) is 0 Å². The molecule has 8 heteroatoms. The Morgan fingerprint density at radius 1 is 1.08 bits per heavy atom. The predicted molar refractivity (Wildman–Crippen MR) is 85.4 cm³/mol. The number of nitrogens with zero attached hydrogens (tertiary/aromatic N) is 1. The van der Waals surface area contributed by atoms with Crippen molar-refractivity contribution in [3.8, 4) is 11.5 Å². The summed E-state index contributed by atoms with van der Waals surface area (Å²) in [4.78, 5) is 23.1. The summed E-state index contributed by atoms with van der Waals surface area (Å²) in [6.07, 6.45) is 1.37. The normalized spacial score (nSPS) is 10.4. The van der Waals surface area contributed by atoms with Gasteiger partial charge in [0.15, 0.2) is 11.5 Å². The van der Waals surface area contributed by atoms with Crippen molar-refractivity contribution in [3.05, 3.63) is 59.2 Å². The first-order valence-electron chi connectivity index (χ1n) is 6.80. The molecule has 0 aliphatic carbocycles. The maximum absolute atomic E-state index is 11.9. The molecule has 0 atom stereocenters. The monoisotopic (exact) mass is 329 g/mol. The van der Waals surface area contributed by atoms with Gasteiger partial charge in [0, 0.05) is 11.1 Å². The van der Waals surface area contributed by atoms with E-state index in [0.717, 1.165) is 0 Å². The van der Waals surface area contributed by atoms with E-state index < -0.39 is 11.8 Å². The van der Waals surface area contributed by atoms with Crippen LogP contribution in [0.25, 0.3) is 0 Å². The Balaban J connectivity index is 1.99. The number of hydrogen-bond acceptors (Lipinski definition) is 6. The smallest absolute Gasteiger partial charge is 0.274 e. The van der Waals surface area contributed by atoms with E-state index in [-0.39, 0.29) is 11.3 Å². The minimum Gasteiger partial charge on any atom is -0.504 e. The highest BCUT2D eigenvalue weighted by molar-refractivity contribution is 5.97. The first-order chi connectivity index (χ1) is 11.5. The fourth-order valence-corrected chi connectivity index (χ4v) is 1.85. The Bertz CT molecular complexity index is 772. The van der Waals surface area contributed by atoms with Crippen molar-refractivity contribution in [3.63, 3.8) is 0 Å². The van der Waals surface area contributed by atoms with E-state index in [1.54, 1.807) is 12.1 Å². The molecule has 2 aromatic carbocycles. The number of aromatic hydroxyl groups is 1. The molecule has 124 valence electrons. The Hall–Kier alpha value is -3.39. The van der Waals surface area contributed by atoms with E-state index in [9.17, 15) is 14.7 Å². The zero-order chi connectivity index (χ0) is 17.5. The lowest BCUT2D eigenvalue weighted by Crippen LogP contribution is -2.20. The number of carbonyl (C=O) groups is 2. The molecule has 0 aliphatic rings. The molecule has 0 saturated carbocycles. The number of phenols is 1. The summed E-state index contributed by atoms with van der Waals surface area (Å²) >= 11 is 0. The van der Waals surface area contributed by atoms with Crippen molar-refractivity contribution in [1.82, 2.24) is 10.9 Å². The zero-order valence-corrected chi connectivity index (χ0v) is 12.7. The second-order valence-corrected chi connectivity index (χ2v) is 4.65. The van der Waals surface area contributed by atoms with Crippen molar-refractivity contribution in [1.29, 1.82) is 0 Å². The van der Waals surface area contributed by atoms with Gasteiger partial charge < -0.3 is 9.84 Å². The molecule has 4 N–H and O–H groups in total. The van der Waals surface area contributed by atoms with Crippen LogP contribution in [0.4, 0.5) is 0 Å². The Labute approximate surface area is 137 Å². The van der Waals surface area contributed by atoms with Crippen LogP contribution in [0.2, 0.25) is 0 Å². The first kappa shape index (κ1) is 17.0. The number of hydrazone groups is 1. The lowest BCUT2D eigenvalue weighted by Gasteiger charge is -2.03. The average Bonchev–Trinajstić information content (AvgIpc) is 2.61. The van der Waals surface area contributed by atoms with E-state index >= 15 is 0 Å². The highest BCUT2D eigenvalue weighted by Gasteiger charge is 2.07. The van der Waals surface area contributed by atoms with E-state index in [1.165, 1.54) is 49.1 Å². The molecular weight excluding hydrogens is 314 g/mol. The summed E-state index contributed by atoms with van der Waals surface area (Å²) in [5.41, 5.74) is 4.91. The van der Waals surface area contributed by atoms with E-state index in [2.05, 4.69) is 10.5 Å². The van der Waals surface area contributed by atoms with E-state index in [4.69, 9.17) is 9.94 Å². The molecule has 2 amide bonds. The van der Waals surface area contributed by atoms with Gasteiger partial charge in [-0.2, -0.15) is 5.10 Å². The third-order valence-electron chi connectivity index (χ3n) is 3.09. The minimum atomic E-state index is -0.667. The third kappa shape index (κ3) is 4.08. The van der Waals surface area contributed by atoms with Crippen LogP contribution in [-0.4, -0.2) is 35.5 Å². The number of ether oxygens (including phenoxy) is 1. The van der Waals surface area contributed by atoms with Crippen molar-refractivity contribution < 1.29 is 24.6 Å². The van der Waals surface area contributed by atoms with Gasteiger partial charge in [0.2, 0.25) is 0 Å². The van der Waals surface area contributed by atoms with Gasteiger partial charge in [-0.3, -0.25) is 14.8 Å². The molecule has 0 fully saturated rings. The Morgan fingerprint density at radius 3 is 2.25 bits per heavy atom. The van der Waals surface area contributed by atoms with Gasteiger partial charge in [-0.15, -0.1) is 0 Å². The number of amides is 2. The van der Waals surface area contributed by atoms with Gasteiger partial charge >= 0.3 is 0 Å². The molecule has 2 rings (SSSR count). The lowest BCUT2D eigenvalue weighted by molar-refractivity contribution is 0.0706. The molecule has 0 aromatic heterocycles. The maximum atomic E-state index is 11.9. The lowest BCUT2D eigenvalue weighted by atomic mass is 10.1. The minimum absolute atomic E-state index is 0.0366. The molecule has 0 unspecified atom stereocenters. The summed E-state index contributed by atoms with van der Waals surface area (Å²) < 4.78 is 4.93. The van der Waals surface area contributed by atoms with Gasteiger partial charge in [0.05, 0.1) is 13.3 Å². The van der Waals surface area contributed by atoms with Crippen molar-refractivity contribution in [2.45, 2.75) is 0 Å². The van der Waals surface area contributed by atoms with Crippen LogP contribution in [0.3, 0.4) is 0 Å². The molecule has 0 spiro atoms. The molecule has 0 saturated heterocycles. The third-order valence-corrected chi connectivity index (χ3v) is 3.09. The number of benzene rings is 2. The first-order valence-corrected chi connectivity index (χ1v) is 6.80. The quantitative estimate of drug-likeness (QED) is 0.374. The Morgan fingerprint density at radius 2 is 1.71 bits per heavy atom. The zero-order valence-electron chi connectivity index (χ0n) is 12.7. The van der Waals surface area contributed by atoms with E-state index in [1.807, 2.05) is 0 Å². The standard InChI is InChI=1S/C16H15N3O5/c1-24-14-7-2-10(8-13(14)20)9-17-18-15(21)11-3-5-12(6-4-11)16(22)19-23/h2-9,20,23H,1H3,(H,18,21)(H,19,22)/b17-9+. The summed E-state index contributed by atoms with van der Waals surface area (Å²) in [5.74, 6) is -0.840. The molecule has 0 aliphatic heterocycles. The van der Waals surface area contributed by atoms with Crippen LogP contribution in [0.15, 0.2) is 47.6 Å². The van der Waals surface area contributed by atoms with Crippen molar-refractivity contribution in [2.75, 3.05) is 7.11 Å². The van der Waals surface area contributed by atoms with Gasteiger partial charge in [-0.1, -0.05) is 0 Å². The fraction of sp³-hybridized carbons (Fsp3) is 0.0625. The number of methoxy groups -OCH3 is 1. The maximum Gasteiger partial charge on any atom is 0.274 e. The molecule has 2 aromatic rings. The number of hydroxylamine groups is 1. The second-order valence-electron chi connectivity index (χ2n) is 4.65. The molecule has 0 heterocycles. The molecule has 0 radical (unpaired) electrons. The molecule has 0 bridgehead atoms. The van der Waals surface area contributed by atoms with Gasteiger partial charge in [0.25, 0.3) is 11.8 Å². The number of hydrogen-bond donors (Lipinski definition) is 4. The number of rotatable bonds is 5. The number of nitrogens with one attached hydrogen (secondary N) is 2. The molecular formula is C16H15N3O5. The van der Waals surface area contributed by atoms with Crippen LogP contribution in [-0.2, 0) is 0 Å². The number of phenolic OH excluding ortho intramolecular Hbond substituents is 1. The van der Waals surface area contributed by atoms with Gasteiger partial charge in [-0.05, 0) is 48.0 Å². The topological polar surface area (TPSA) is 120 Å².